The fourth-order valence-corrected chi connectivity index (χ4v) is 1.46. The van der Waals surface area contributed by atoms with Gasteiger partial charge in [0.15, 0.2) is 5.76 Å². The number of furan rings is 1. The van der Waals surface area contributed by atoms with Gasteiger partial charge in [-0.3, -0.25) is 10.1 Å². The Morgan fingerprint density at radius 2 is 2.16 bits per heavy atom. The van der Waals surface area contributed by atoms with E-state index >= 15 is 0 Å². The van der Waals surface area contributed by atoms with Crippen molar-refractivity contribution in [2.24, 2.45) is 0 Å². The maximum Gasteiger partial charge on any atom is 0.433 e. The number of aromatic nitrogens is 2. The molecule has 8 nitrogen and oxygen atoms in total. The molecule has 0 amide bonds. The van der Waals surface area contributed by atoms with Crippen molar-refractivity contribution in [1.82, 2.24) is 15.5 Å². The Kier molecular flexibility index (Phi) is 3.91. The van der Waals surface area contributed by atoms with Crippen LogP contribution in [0, 0.1) is 10.1 Å². The van der Waals surface area contributed by atoms with Gasteiger partial charge in [-0.25, -0.2) is 0 Å². The molecule has 2 aromatic heterocycles. The van der Waals surface area contributed by atoms with Gasteiger partial charge in [0, 0.05) is 19.0 Å². The van der Waals surface area contributed by atoms with E-state index in [0.29, 0.717) is 18.4 Å². The average Bonchev–Trinajstić information content (AvgIpc) is 2.95. The second-order valence-electron chi connectivity index (χ2n) is 4.25. The summed E-state index contributed by atoms with van der Waals surface area (Å²) in [5.74, 6) is 0.452. The number of hydrogen-bond donors (Lipinski definition) is 1. The van der Waals surface area contributed by atoms with Crippen LogP contribution in [0.1, 0.15) is 19.7 Å². The molecule has 0 aliphatic carbocycles. The van der Waals surface area contributed by atoms with E-state index in [4.69, 9.17) is 8.83 Å². The molecule has 2 aromatic rings. The maximum absolute atomic E-state index is 10.5. The molecular formula is C11H14N4O4. The lowest BCUT2D eigenvalue weighted by atomic mass is 10.3. The predicted octanol–water partition coefficient (Wildman–Crippen LogP) is 1.78. The van der Waals surface area contributed by atoms with Crippen molar-refractivity contribution in [1.29, 1.82) is 0 Å². The van der Waals surface area contributed by atoms with Crippen molar-refractivity contribution >= 4 is 5.88 Å². The smallest absolute Gasteiger partial charge is 0.418 e. The first-order chi connectivity index (χ1) is 9.06. The van der Waals surface area contributed by atoms with Gasteiger partial charge in [0.2, 0.25) is 5.89 Å². The van der Waals surface area contributed by atoms with Crippen LogP contribution in [0.3, 0.4) is 0 Å². The SMILES string of the molecule is CC(C)NCCc1nnc(-c2ccc([N+](=O)[O-])o2)o1. The van der Waals surface area contributed by atoms with Gasteiger partial charge in [0.25, 0.3) is 5.89 Å². The second-order valence-corrected chi connectivity index (χ2v) is 4.25. The fraction of sp³-hybridized carbons (Fsp3) is 0.455. The molecule has 0 bridgehead atoms. The van der Waals surface area contributed by atoms with Gasteiger partial charge in [0.1, 0.15) is 4.92 Å². The van der Waals surface area contributed by atoms with E-state index < -0.39 is 4.92 Å². The highest BCUT2D eigenvalue weighted by Gasteiger charge is 2.17. The Labute approximate surface area is 109 Å². The van der Waals surface area contributed by atoms with E-state index in [0.717, 1.165) is 6.54 Å². The first-order valence-electron chi connectivity index (χ1n) is 5.86. The Morgan fingerprint density at radius 1 is 1.37 bits per heavy atom. The first-order valence-corrected chi connectivity index (χ1v) is 5.86. The molecule has 2 rings (SSSR count). The van der Waals surface area contributed by atoms with E-state index in [1.165, 1.54) is 12.1 Å². The molecule has 1 N–H and O–H groups in total. The number of nitrogens with one attached hydrogen (secondary N) is 1. The van der Waals surface area contributed by atoms with Crippen LogP contribution in [0.25, 0.3) is 11.7 Å². The van der Waals surface area contributed by atoms with E-state index in [1.807, 2.05) is 13.8 Å². The third kappa shape index (κ3) is 3.38. The lowest BCUT2D eigenvalue weighted by Gasteiger charge is -2.04. The normalized spacial score (nSPS) is 11.1. The predicted molar refractivity (Wildman–Crippen MR) is 65.5 cm³/mol. The minimum Gasteiger partial charge on any atom is -0.418 e. The van der Waals surface area contributed by atoms with Crippen molar-refractivity contribution in [3.05, 3.63) is 28.1 Å². The van der Waals surface area contributed by atoms with Gasteiger partial charge in [-0.15, -0.1) is 10.2 Å². The lowest BCUT2D eigenvalue weighted by Crippen LogP contribution is -2.25. The Morgan fingerprint density at radius 3 is 2.79 bits per heavy atom. The number of nitro groups is 1. The molecule has 0 unspecified atom stereocenters. The molecule has 0 fully saturated rings. The monoisotopic (exact) mass is 266 g/mol. The molecule has 0 aromatic carbocycles. The molecule has 0 spiro atoms. The van der Waals surface area contributed by atoms with Crippen LogP contribution in [0.4, 0.5) is 5.88 Å². The summed E-state index contributed by atoms with van der Waals surface area (Å²) in [6.07, 6.45) is 0.591. The molecule has 0 saturated heterocycles. The molecule has 2 heterocycles. The zero-order valence-corrected chi connectivity index (χ0v) is 10.6. The van der Waals surface area contributed by atoms with Gasteiger partial charge in [-0.2, -0.15) is 0 Å². The van der Waals surface area contributed by atoms with Crippen molar-refractivity contribution in [2.75, 3.05) is 6.54 Å². The third-order valence-corrected chi connectivity index (χ3v) is 2.34. The quantitative estimate of drug-likeness (QED) is 0.627. The molecular weight excluding hydrogens is 252 g/mol. The maximum atomic E-state index is 10.5. The van der Waals surface area contributed by atoms with Crippen LogP contribution in [0.5, 0.6) is 0 Å². The van der Waals surface area contributed by atoms with Crippen molar-refractivity contribution < 1.29 is 13.8 Å². The molecule has 102 valence electrons. The van der Waals surface area contributed by atoms with E-state index in [1.54, 1.807) is 0 Å². The Bertz CT molecular complexity index is 561. The average molecular weight is 266 g/mol. The topological polar surface area (TPSA) is 107 Å². The van der Waals surface area contributed by atoms with Gasteiger partial charge >= 0.3 is 5.88 Å². The summed E-state index contributed by atoms with van der Waals surface area (Å²) in [6.45, 7) is 4.81. The molecule has 0 aliphatic heterocycles. The van der Waals surface area contributed by atoms with Crippen LogP contribution in [-0.4, -0.2) is 27.7 Å². The van der Waals surface area contributed by atoms with Crippen molar-refractivity contribution in [3.63, 3.8) is 0 Å². The minimum atomic E-state index is -0.618. The van der Waals surface area contributed by atoms with Crippen molar-refractivity contribution in [2.45, 2.75) is 26.3 Å². The highest BCUT2D eigenvalue weighted by Crippen LogP contribution is 2.24. The van der Waals surface area contributed by atoms with Crippen LogP contribution in [-0.2, 0) is 6.42 Å². The summed E-state index contributed by atoms with van der Waals surface area (Å²) in [4.78, 5) is 9.88. The molecule has 0 saturated carbocycles. The lowest BCUT2D eigenvalue weighted by molar-refractivity contribution is -0.401. The van der Waals surface area contributed by atoms with Crippen LogP contribution >= 0.6 is 0 Å². The molecule has 19 heavy (non-hydrogen) atoms. The first kappa shape index (κ1) is 13.2. The largest absolute Gasteiger partial charge is 0.433 e. The number of nitrogens with zero attached hydrogens (tertiary/aromatic N) is 3. The number of rotatable bonds is 6. The van der Waals surface area contributed by atoms with Gasteiger partial charge < -0.3 is 14.2 Å². The van der Waals surface area contributed by atoms with Crippen molar-refractivity contribution in [3.8, 4) is 11.7 Å². The molecule has 8 heteroatoms. The van der Waals surface area contributed by atoms with Crippen LogP contribution < -0.4 is 5.32 Å². The Hall–Kier alpha value is -2.22. The van der Waals surface area contributed by atoms with Gasteiger partial charge in [-0.1, -0.05) is 13.8 Å². The van der Waals surface area contributed by atoms with Gasteiger partial charge in [-0.05, 0) is 6.07 Å². The second kappa shape index (κ2) is 5.61. The molecule has 0 aliphatic rings. The van der Waals surface area contributed by atoms with Crippen LogP contribution in [0.15, 0.2) is 21.0 Å². The number of hydrogen-bond acceptors (Lipinski definition) is 7. The van der Waals surface area contributed by atoms with E-state index in [-0.39, 0.29) is 17.5 Å². The Balaban J connectivity index is 2.01. The zero-order chi connectivity index (χ0) is 13.8. The zero-order valence-electron chi connectivity index (χ0n) is 10.6. The molecule has 0 atom stereocenters. The third-order valence-electron chi connectivity index (χ3n) is 2.34. The van der Waals surface area contributed by atoms with E-state index in [2.05, 4.69) is 15.5 Å². The molecule has 0 radical (unpaired) electrons. The summed E-state index contributed by atoms with van der Waals surface area (Å²) >= 11 is 0. The fourth-order valence-electron chi connectivity index (χ4n) is 1.46. The highest BCUT2D eigenvalue weighted by atomic mass is 16.6. The summed E-state index contributed by atoms with van der Waals surface area (Å²) in [7, 11) is 0. The summed E-state index contributed by atoms with van der Waals surface area (Å²) < 4.78 is 10.3. The summed E-state index contributed by atoms with van der Waals surface area (Å²) in [5.41, 5.74) is 0. The highest BCUT2D eigenvalue weighted by molar-refractivity contribution is 5.45. The standard InChI is InChI=1S/C11H14N4O4/c1-7(2)12-6-5-9-13-14-11(19-9)8-3-4-10(18-8)15(16)17/h3-4,7,12H,5-6H2,1-2H3. The minimum absolute atomic E-state index is 0.146. The van der Waals surface area contributed by atoms with Gasteiger partial charge in [0.05, 0.1) is 6.07 Å². The summed E-state index contributed by atoms with van der Waals surface area (Å²) in [6, 6.07) is 3.07. The van der Waals surface area contributed by atoms with E-state index in [9.17, 15) is 10.1 Å². The van der Waals surface area contributed by atoms with Crippen LogP contribution in [0.2, 0.25) is 0 Å². The summed E-state index contributed by atoms with van der Waals surface area (Å²) in [5, 5.41) is 21.4.